The molecule has 0 atom stereocenters. The summed E-state index contributed by atoms with van der Waals surface area (Å²) >= 11 is 13.8. The molecule has 0 N–H and O–H groups in total. The lowest BCUT2D eigenvalue weighted by molar-refractivity contribution is 0.600. The highest BCUT2D eigenvalue weighted by Gasteiger charge is 2.02. The van der Waals surface area contributed by atoms with Crippen LogP contribution in [-0.4, -0.2) is 0 Å². The van der Waals surface area contributed by atoms with E-state index in [4.69, 9.17) is 5.26 Å². The first-order valence-electron chi connectivity index (χ1n) is 3.07. The van der Waals surface area contributed by atoms with E-state index in [-0.39, 0.29) is 0 Å². The van der Waals surface area contributed by atoms with Gasteiger partial charge in [-0.05, 0) is 45.9 Å². The number of hydrogen-bond acceptors (Lipinski definition) is 2. The maximum atomic E-state index is 9.51. The molecule has 0 fully saturated rings. The van der Waals surface area contributed by atoms with Gasteiger partial charge in [0.1, 0.15) is 0 Å². The van der Waals surface area contributed by atoms with Gasteiger partial charge in [-0.15, -0.1) is 0 Å². The SMILES string of the molecule is N#Cc1ccccc1.O=P(Cl)(Cl)Cl. The van der Waals surface area contributed by atoms with Crippen LogP contribution in [0.5, 0.6) is 0 Å². The molecule has 0 spiro atoms. The first-order valence-corrected chi connectivity index (χ1v) is 7.50. The zero-order valence-electron chi connectivity index (χ0n) is 6.32. The molecule has 0 saturated carbocycles. The van der Waals surface area contributed by atoms with Gasteiger partial charge in [0.2, 0.25) is 0 Å². The van der Waals surface area contributed by atoms with Crippen LogP contribution in [0.2, 0.25) is 0 Å². The monoisotopic (exact) mass is 255 g/mol. The van der Waals surface area contributed by atoms with Crippen molar-refractivity contribution in [3.05, 3.63) is 35.9 Å². The van der Waals surface area contributed by atoms with E-state index in [2.05, 4.69) is 33.7 Å². The van der Waals surface area contributed by atoms with E-state index in [1.54, 1.807) is 12.1 Å². The average Bonchev–Trinajstić information content (AvgIpc) is 2.03. The Bertz CT molecular complexity index is 321. The second-order valence-electron chi connectivity index (χ2n) is 1.88. The molecule has 70 valence electrons. The van der Waals surface area contributed by atoms with Gasteiger partial charge in [0, 0.05) is 0 Å². The average molecular weight is 256 g/mol. The molecule has 0 saturated heterocycles. The Morgan fingerprint density at radius 1 is 1.15 bits per heavy atom. The summed E-state index contributed by atoms with van der Waals surface area (Å²) in [7, 11) is 0. The third kappa shape index (κ3) is 11.8. The Labute approximate surface area is 90.8 Å². The minimum absolute atomic E-state index is 0.715. The van der Waals surface area contributed by atoms with Gasteiger partial charge in [-0.1, -0.05) is 18.2 Å². The van der Waals surface area contributed by atoms with Gasteiger partial charge in [-0.25, -0.2) is 0 Å². The van der Waals surface area contributed by atoms with Crippen molar-refractivity contribution >= 4 is 38.9 Å². The second-order valence-corrected chi connectivity index (χ2v) is 8.52. The lowest BCUT2D eigenvalue weighted by Crippen LogP contribution is -1.66. The van der Waals surface area contributed by atoms with Gasteiger partial charge < -0.3 is 0 Å². The summed E-state index contributed by atoms with van der Waals surface area (Å²) in [4.78, 5) is 0. The molecular formula is C7H5Cl3NOP. The fraction of sp³-hybridized carbons (Fsp3) is 0. The summed E-state index contributed by atoms with van der Waals surface area (Å²) < 4.78 is 9.51. The number of benzene rings is 1. The van der Waals surface area contributed by atoms with Gasteiger partial charge >= 0.3 is 5.20 Å². The Balaban J connectivity index is 0.000000252. The van der Waals surface area contributed by atoms with Crippen LogP contribution >= 0.6 is 38.9 Å². The molecule has 1 rings (SSSR count). The van der Waals surface area contributed by atoms with Crippen molar-refractivity contribution in [2.24, 2.45) is 0 Å². The molecule has 1 aromatic rings. The molecule has 1 aromatic carbocycles. The maximum absolute atomic E-state index is 9.51. The summed E-state index contributed by atoms with van der Waals surface area (Å²) in [5, 5.41) is 5.07. The van der Waals surface area contributed by atoms with Crippen LogP contribution in [-0.2, 0) is 4.57 Å². The van der Waals surface area contributed by atoms with Crippen LogP contribution in [0.4, 0.5) is 0 Å². The van der Waals surface area contributed by atoms with Gasteiger partial charge in [-0.3, -0.25) is 4.57 Å². The summed E-state index contributed by atoms with van der Waals surface area (Å²) in [6.45, 7) is 0. The Hall–Kier alpha value is -0.190. The number of rotatable bonds is 0. The molecule has 0 aromatic heterocycles. The molecule has 0 aliphatic heterocycles. The quantitative estimate of drug-likeness (QED) is 0.647. The number of nitriles is 1. The summed E-state index contributed by atoms with van der Waals surface area (Å²) in [5.74, 6) is 0. The van der Waals surface area contributed by atoms with E-state index in [0.29, 0.717) is 5.56 Å². The van der Waals surface area contributed by atoms with Crippen molar-refractivity contribution in [1.29, 1.82) is 5.26 Å². The van der Waals surface area contributed by atoms with Crippen LogP contribution in [0.15, 0.2) is 30.3 Å². The number of nitrogens with zero attached hydrogens (tertiary/aromatic N) is 1. The zero-order valence-corrected chi connectivity index (χ0v) is 9.49. The molecular weight excluding hydrogens is 251 g/mol. The topological polar surface area (TPSA) is 40.9 Å². The molecule has 0 radical (unpaired) electrons. The van der Waals surface area contributed by atoms with E-state index in [0.717, 1.165) is 0 Å². The van der Waals surface area contributed by atoms with E-state index in [1.807, 2.05) is 24.3 Å². The van der Waals surface area contributed by atoms with Crippen molar-refractivity contribution < 1.29 is 4.57 Å². The van der Waals surface area contributed by atoms with E-state index in [1.165, 1.54) is 0 Å². The molecule has 0 aliphatic carbocycles. The highest BCUT2D eigenvalue weighted by molar-refractivity contribution is 8.24. The van der Waals surface area contributed by atoms with Gasteiger partial charge in [0.25, 0.3) is 0 Å². The van der Waals surface area contributed by atoms with E-state index >= 15 is 0 Å². The van der Waals surface area contributed by atoms with Gasteiger partial charge in [0.15, 0.2) is 0 Å². The molecule has 0 bridgehead atoms. The van der Waals surface area contributed by atoms with Crippen LogP contribution in [0.1, 0.15) is 5.56 Å². The summed E-state index contributed by atoms with van der Waals surface area (Å²) in [6, 6.07) is 11.2. The van der Waals surface area contributed by atoms with Gasteiger partial charge in [-0.2, -0.15) is 5.26 Å². The molecule has 0 aliphatic rings. The standard InChI is InChI=1S/C7H5N.Cl3OP/c8-6-7-4-2-1-3-5-7;1-5(2,3)4/h1-5H;. The Morgan fingerprint density at radius 3 is 1.77 bits per heavy atom. The first kappa shape index (κ1) is 12.8. The smallest absolute Gasteiger partial charge is 0.271 e. The molecule has 0 heterocycles. The molecule has 2 nitrogen and oxygen atoms in total. The van der Waals surface area contributed by atoms with Crippen LogP contribution in [0.3, 0.4) is 0 Å². The normalized spacial score (nSPS) is 9.38. The maximum Gasteiger partial charge on any atom is 0.339 e. The second kappa shape index (κ2) is 6.29. The molecule has 6 heteroatoms. The minimum atomic E-state index is -3.22. The lowest BCUT2D eigenvalue weighted by Gasteiger charge is -1.80. The number of halogens is 3. The van der Waals surface area contributed by atoms with Crippen molar-refractivity contribution in [1.82, 2.24) is 0 Å². The molecule has 13 heavy (non-hydrogen) atoms. The van der Waals surface area contributed by atoms with Crippen LogP contribution < -0.4 is 0 Å². The number of hydrogen-bond donors (Lipinski definition) is 0. The van der Waals surface area contributed by atoms with Crippen LogP contribution in [0.25, 0.3) is 0 Å². The van der Waals surface area contributed by atoms with Crippen molar-refractivity contribution in [3.8, 4) is 6.07 Å². The Kier molecular flexibility index (Phi) is 6.20. The van der Waals surface area contributed by atoms with Crippen molar-refractivity contribution in [2.75, 3.05) is 0 Å². The first-order chi connectivity index (χ1) is 5.93. The van der Waals surface area contributed by atoms with Crippen molar-refractivity contribution in [2.45, 2.75) is 0 Å². The third-order valence-corrected chi connectivity index (χ3v) is 0.903. The predicted molar refractivity (Wildman–Crippen MR) is 56.3 cm³/mol. The summed E-state index contributed by atoms with van der Waals surface area (Å²) in [6.07, 6.45) is 0. The largest absolute Gasteiger partial charge is 0.339 e. The van der Waals surface area contributed by atoms with Gasteiger partial charge in [0.05, 0.1) is 11.6 Å². The molecule has 0 unspecified atom stereocenters. The minimum Gasteiger partial charge on any atom is -0.271 e. The zero-order chi connectivity index (χ0) is 10.3. The predicted octanol–water partition coefficient (Wildman–Crippen LogP) is 4.37. The third-order valence-electron chi connectivity index (χ3n) is 0.903. The van der Waals surface area contributed by atoms with Crippen molar-refractivity contribution in [3.63, 3.8) is 0 Å². The van der Waals surface area contributed by atoms with E-state index in [9.17, 15) is 4.57 Å². The Morgan fingerprint density at radius 2 is 1.54 bits per heavy atom. The highest BCUT2D eigenvalue weighted by Crippen LogP contribution is 2.61. The lowest BCUT2D eigenvalue weighted by atomic mass is 10.2. The van der Waals surface area contributed by atoms with E-state index < -0.39 is 5.20 Å². The fourth-order valence-corrected chi connectivity index (χ4v) is 0.513. The molecule has 0 amide bonds. The highest BCUT2D eigenvalue weighted by atomic mass is 36.0. The summed E-state index contributed by atoms with van der Waals surface area (Å²) in [5.41, 5.74) is 0.715. The fourth-order valence-electron chi connectivity index (χ4n) is 0.513. The van der Waals surface area contributed by atoms with Crippen LogP contribution in [0, 0.1) is 11.3 Å².